The van der Waals surface area contributed by atoms with Gasteiger partial charge in [0.15, 0.2) is 5.11 Å². The number of amides is 1. The van der Waals surface area contributed by atoms with Crippen LogP contribution in [0.2, 0.25) is 10.0 Å². The van der Waals surface area contributed by atoms with E-state index in [-0.39, 0.29) is 11.9 Å². The number of likely N-dealkylation sites (tertiary alicyclic amines) is 1. The largest absolute Gasteiger partial charge is 0.339 e. The van der Waals surface area contributed by atoms with E-state index in [4.69, 9.17) is 35.4 Å². The average molecular weight is 469 g/mol. The van der Waals surface area contributed by atoms with Gasteiger partial charge in [0.05, 0.1) is 10.0 Å². The maximum Gasteiger partial charge on any atom is 0.245 e. The van der Waals surface area contributed by atoms with Crippen molar-refractivity contribution in [3.63, 3.8) is 0 Å². The van der Waals surface area contributed by atoms with Crippen molar-refractivity contribution in [1.82, 2.24) is 14.7 Å². The first-order valence-electron chi connectivity index (χ1n) is 10.9. The van der Waals surface area contributed by atoms with Gasteiger partial charge in [-0.1, -0.05) is 23.2 Å². The summed E-state index contributed by atoms with van der Waals surface area (Å²) in [5.41, 5.74) is 1.49. The summed E-state index contributed by atoms with van der Waals surface area (Å²) in [6, 6.07) is 5.03. The van der Waals surface area contributed by atoms with E-state index in [0.29, 0.717) is 21.7 Å². The SMILES string of the molecule is CC1C(=O)N(CCCN2CCC3(CC2)CC3)CCN1C(=S)Nc1ccc(Cl)c(Cl)c1. The van der Waals surface area contributed by atoms with Gasteiger partial charge in [-0.15, -0.1) is 0 Å². The Morgan fingerprint density at radius 3 is 2.50 bits per heavy atom. The summed E-state index contributed by atoms with van der Waals surface area (Å²) >= 11 is 17.6. The molecular weight excluding hydrogens is 439 g/mol. The number of carbonyl (C=O) groups is 1. The Kier molecular flexibility index (Phi) is 6.78. The van der Waals surface area contributed by atoms with Gasteiger partial charge in [-0.25, -0.2) is 0 Å². The standard InChI is InChI=1S/C22H30Cl2N4OS/c1-16-20(29)27(10-2-9-26-11-7-22(5-6-22)8-12-26)13-14-28(16)21(30)25-17-3-4-18(23)19(24)15-17/h3-4,15-16H,2,5-14H2,1H3,(H,25,30). The summed E-state index contributed by atoms with van der Waals surface area (Å²) in [6.45, 7) is 7.74. The molecule has 1 amide bonds. The lowest BCUT2D eigenvalue weighted by Crippen LogP contribution is -2.58. The molecule has 164 valence electrons. The Balaban J connectivity index is 1.23. The third kappa shape index (κ3) is 5.04. The Morgan fingerprint density at radius 1 is 1.10 bits per heavy atom. The zero-order valence-corrected chi connectivity index (χ0v) is 19.8. The maximum absolute atomic E-state index is 12.9. The van der Waals surface area contributed by atoms with Crippen LogP contribution < -0.4 is 5.32 Å². The van der Waals surface area contributed by atoms with Crippen LogP contribution in [0, 0.1) is 5.41 Å². The molecule has 8 heteroatoms. The molecular formula is C22H30Cl2N4OS. The lowest BCUT2D eigenvalue weighted by atomic mass is 9.94. The van der Waals surface area contributed by atoms with Gasteiger partial charge in [0.25, 0.3) is 0 Å². The fourth-order valence-corrected chi connectivity index (χ4v) is 5.28. The number of hydrogen-bond acceptors (Lipinski definition) is 3. The van der Waals surface area contributed by atoms with Gasteiger partial charge in [-0.2, -0.15) is 0 Å². The molecule has 3 aliphatic rings. The van der Waals surface area contributed by atoms with Crippen molar-refractivity contribution in [2.45, 2.75) is 45.1 Å². The molecule has 4 rings (SSSR count). The van der Waals surface area contributed by atoms with Gasteiger partial charge in [0.1, 0.15) is 6.04 Å². The van der Waals surface area contributed by atoms with Crippen LogP contribution in [0.3, 0.4) is 0 Å². The molecule has 5 nitrogen and oxygen atoms in total. The fourth-order valence-electron chi connectivity index (χ4n) is 4.61. The number of carbonyl (C=O) groups excluding carboxylic acids is 1. The second-order valence-corrected chi connectivity index (χ2v) is 10.1. The van der Waals surface area contributed by atoms with Crippen molar-refractivity contribution in [1.29, 1.82) is 0 Å². The normalized spacial score (nSPS) is 23.7. The number of thiocarbonyl (C=S) groups is 1. The van der Waals surface area contributed by atoms with E-state index in [1.165, 1.54) is 38.8 Å². The van der Waals surface area contributed by atoms with Crippen molar-refractivity contribution in [2.24, 2.45) is 5.41 Å². The maximum atomic E-state index is 12.9. The molecule has 1 aliphatic carbocycles. The first kappa shape index (κ1) is 22.1. The molecule has 2 aliphatic heterocycles. The number of nitrogens with one attached hydrogen (secondary N) is 1. The summed E-state index contributed by atoms with van der Waals surface area (Å²) in [7, 11) is 0. The van der Waals surface area contributed by atoms with Crippen LogP contribution in [0.5, 0.6) is 0 Å². The van der Waals surface area contributed by atoms with Crippen molar-refractivity contribution in [3.05, 3.63) is 28.2 Å². The number of nitrogens with zero attached hydrogens (tertiary/aromatic N) is 3. The molecule has 0 aromatic heterocycles. The summed E-state index contributed by atoms with van der Waals surface area (Å²) in [6.07, 6.45) is 6.66. The zero-order chi connectivity index (χ0) is 21.3. The van der Waals surface area contributed by atoms with Gasteiger partial charge >= 0.3 is 0 Å². The Morgan fingerprint density at radius 2 is 1.83 bits per heavy atom. The molecule has 1 saturated carbocycles. The van der Waals surface area contributed by atoms with Gasteiger partial charge in [-0.05, 0) is 94.5 Å². The molecule has 30 heavy (non-hydrogen) atoms. The third-order valence-corrected chi connectivity index (χ3v) is 8.03. The predicted octanol–water partition coefficient (Wildman–Crippen LogP) is 4.49. The van der Waals surface area contributed by atoms with E-state index >= 15 is 0 Å². The number of rotatable bonds is 5. The topological polar surface area (TPSA) is 38.8 Å². The van der Waals surface area contributed by atoms with Crippen molar-refractivity contribution in [2.75, 3.05) is 44.6 Å². The minimum Gasteiger partial charge on any atom is -0.339 e. The molecule has 1 atom stereocenters. The van der Waals surface area contributed by atoms with Crippen LogP contribution in [-0.4, -0.2) is 71.0 Å². The lowest BCUT2D eigenvalue weighted by molar-refractivity contribution is -0.138. The number of benzene rings is 1. The van der Waals surface area contributed by atoms with Gasteiger partial charge in [0, 0.05) is 25.3 Å². The number of anilines is 1. The summed E-state index contributed by atoms with van der Waals surface area (Å²) in [4.78, 5) is 19.4. The number of hydrogen-bond donors (Lipinski definition) is 1. The van der Waals surface area contributed by atoms with Gasteiger partial charge in [-0.3, -0.25) is 4.79 Å². The molecule has 1 aromatic rings. The average Bonchev–Trinajstić information content (AvgIpc) is 3.48. The number of piperidine rings is 1. The second kappa shape index (κ2) is 9.19. The molecule has 1 N–H and O–H groups in total. The van der Waals surface area contributed by atoms with Crippen LogP contribution >= 0.6 is 35.4 Å². The Hall–Kier alpha value is -1.08. The highest BCUT2D eigenvalue weighted by molar-refractivity contribution is 7.80. The van der Waals surface area contributed by atoms with Crippen LogP contribution in [0.25, 0.3) is 0 Å². The Bertz CT molecular complexity index is 806. The molecule has 3 fully saturated rings. The first-order chi connectivity index (χ1) is 14.4. The van der Waals surface area contributed by atoms with E-state index in [1.54, 1.807) is 12.1 Å². The van der Waals surface area contributed by atoms with E-state index in [2.05, 4.69) is 10.2 Å². The zero-order valence-electron chi connectivity index (χ0n) is 17.5. The summed E-state index contributed by atoms with van der Waals surface area (Å²) in [5.74, 6) is 0.148. The van der Waals surface area contributed by atoms with E-state index in [1.807, 2.05) is 22.8 Å². The van der Waals surface area contributed by atoms with Crippen LogP contribution in [-0.2, 0) is 4.79 Å². The lowest BCUT2D eigenvalue weighted by Gasteiger charge is -2.41. The number of piperazine rings is 1. The third-order valence-electron chi connectivity index (χ3n) is 6.96. The van der Waals surface area contributed by atoms with E-state index < -0.39 is 0 Å². The molecule has 0 radical (unpaired) electrons. The Labute approximate surface area is 194 Å². The van der Waals surface area contributed by atoms with Crippen LogP contribution in [0.15, 0.2) is 18.2 Å². The highest BCUT2D eigenvalue weighted by atomic mass is 35.5. The monoisotopic (exact) mass is 468 g/mol. The predicted molar refractivity (Wildman–Crippen MR) is 127 cm³/mol. The molecule has 1 spiro atoms. The highest BCUT2D eigenvalue weighted by Gasteiger charge is 2.44. The fraction of sp³-hybridized carbons (Fsp3) is 0.636. The second-order valence-electron chi connectivity index (χ2n) is 8.95. The smallest absolute Gasteiger partial charge is 0.245 e. The molecule has 1 aromatic carbocycles. The number of halogens is 2. The van der Waals surface area contributed by atoms with Crippen molar-refractivity contribution in [3.8, 4) is 0 Å². The molecule has 2 heterocycles. The summed E-state index contributed by atoms with van der Waals surface area (Å²) < 4.78 is 0. The molecule has 0 bridgehead atoms. The minimum atomic E-state index is -0.272. The quantitative estimate of drug-likeness (QED) is 0.644. The minimum absolute atomic E-state index is 0.148. The van der Waals surface area contributed by atoms with Crippen molar-refractivity contribution < 1.29 is 4.79 Å². The molecule has 1 unspecified atom stereocenters. The van der Waals surface area contributed by atoms with Crippen LogP contribution in [0.4, 0.5) is 5.69 Å². The van der Waals surface area contributed by atoms with E-state index in [9.17, 15) is 4.79 Å². The first-order valence-corrected chi connectivity index (χ1v) is 12.1. The molecule has 2 saturated heterocycles. The van der Waals surface area contributed by atoms with Gasteiger partial charge in [0.2, 0.25) is 5.91 Å². The van der Waals surface area contributed by atoms with E-state index in [0.717, 1.165) is 37.2 Å². The summed E-state index contributed by atoms with van der Waals surface area (Å²) in [5, 5.41) is 4.69. The van der Waals surface area contributed by atoms with Gasteiger partial charge < -0.3 is 20.0 Å². The van der Waals surface area contributed by atoms with Crippen molar-refractivity contribution >= 4 is 52.1 Å². The van der Waals surface area contributed by atoms with Crippen LogP contribution in [0.1, 0.15) is 39.0 Å². The highest BCUT2D eigenvalue weighted by Crippen LogP contribution is 2.53.